The smallest absolute Gasteiger partial charge is 0.211 e. The van der Waals surface area contributed by atoms with Crippen molar-refractivity contribution in [3.8, 4) is 17.2 Å². The van der Waals surface area contributed by atoms with E-state index >= 15 is 0 Å². The molecule has 0 saturated heterocycles. The Morgan fingerprint density at radius 1 is 1.07 bits per heavy atom. The average molecular weight is 381 g/mol. The minimum Gasteiger partial charge on any atom is -0.497 e. The standard InChI is InChI=1S/C19H19N5O4/c1-25-14-6-3-12(4-7-14)17-10-15(22-28-17)13-5-8-16(18(9-13)26-2)27-11-19-20-23-24-21-19/h3-9,17H,10-11H2,1-2H3,(H,20,21,23,24). The largest absolute Gasteiger partial charge is 0.497 e. The molecule has 0 aliphatic carbocycles. The van der Waals surface area contributed by atoms with Gasteiger partial charge in [0.05, 0.1) is 19.9 Å². The van der Waals surface area contributed by atoms with E-state index in [1.54, 1.807) is 14.2 Å². The SMILES string of the molecule is COc1ccc(C2CC(c3ccc(OCc4nn[nH]n4)c(OC)c3)=NO2)cc1. The molecule has 28 heavy (non-hydrogen) atoms. The Morgan fingerprint density at radius 2 is 1.93 bits per heavy atom. The van der Waals surface area contributed by atoms with Crippen molar-refractivity contribution in [1.29, 1.82) is 0 Å². The van der Waals surface area contributed by atoms with Crippen LogP contribution in [0, 0.1) is 0 Å². The second-order valence-corrected chi connectivity index (χ2v) is 6.09. The summed E-state index contributed by atoms with van der Waals surface area (Å²) in [7, 11) is 3.23. The van der Waals surface area contributed by atoms with E-state index in [-0.39, 0.29) is 12.7 Å². The number of nitrogens with zero attached hydrogens (tertiary/aromatic N) is 4. The summed E-state index contributed by atoms with van der Waals surface area (Å²) in [6.45, 7) is 0.190. The van der Waals surface area contributed by atoms with Gasteiger partial charge < -0.3 is 19.0 Å². The van der Waals surface area contributed by atoms with Crippen molar-refractivity contribution in [2.75, 3.05) is 14.2 Å². The fourth-order valence-electron chi connectivity index (χ4n) is 2.90. The van der Waals surface area contributed by atoms with Gasteiger partial charge in [-0.15, -0.1) is 10.2 Å². The van der Waals surface area contributed by atoms with E-state index in [0.29, 0.717) is 23.7 Å². The molecule has 2 aromatic carbocycles. The lowest BCUT2D eigenvalue weighted by atomic mass is 10.00. The van der Waals surface area contributed by atoms with Crippen LogP contribution in [0.3, 0.4) is 0 Å². The van der Waals surface area contributed by atoms with Gasteiger partial charge in [0.1, 0.15) is 5.75 Å². The van der Waals surface area contributed by atoms with Gasteiger partial charge in [-0.05, 0) is 35.9 Å². The summed E-state index contributed by atoms with van der Waals surface area (Å²) in [6.07, 6.45) is 0.541. The third-order valence-electron chi connectivity index (χ3n) is 4.40. The lowest BCUT2D eigenvalue weighted by Crippen LogP contribution is -2.04. The van der Waals surface area contributed by atoms with E-state index in [2.05, 4.69) is 25.8 Å². The fourth-order valence-corrected chi connectivity index (χ4v) is 2.90. The van der Waals surface area contributed by atoms with Crippen LogP contribution in [0.5, 0.6) is 17.2 Å². The molecule has 0 fully saturated rings. The zero-order valence-electron chi connectivity index (χ0n) is 15.5. The van der Waals surface area contributed by atoms with Gasteiger partial charge in [0.25, 0.3) is 0 Å². The molecular weight excluding hydrogens is 362 g/mol. The molecule has 0 amide bonds. The molecule has 9 nitrogen and oxygen atoms in total. The van der Waals surface area contributed by atoms with E-state index in [1.165, 1.54) is 0 Å². The highest BCUT2D eigenvalue weighted by molar-refractivity contribution is 6.01. The number of methoxy groups -OCH3 is 2. The quantitative estimate of drug-likeness (QED) is 0.671. The van der Waals surface area contributed by atoms with Crippen molar-refractivity contribution in [3.63, 3.8) is 0 Å². The second-order valence-electron chi connectivity index (χ2n) is 6.09. The molecule has 1 N–H and O–H groups in total. The minimum atomic E-state index is -0.124. The number of aromatic nitrogens is 4. The highest BCUT2D eigenvalue weighted by atomic mass is 16.6. The van der Waals surface area contributed by atoms with Crippen LogP contribution in [0.1, 0.15) is 29.5 Å². The van der Waals surface area contributed by atoms with Gasteiger partial charge >= 0.3 is 0 Å². The molecule has 9 heteroatoms. The van der Waals surface area contributed by atoms with E-state index < -0.39 is 0 Å². The van der Waals surface area contributed by atoms with Crippen molar-refractivity contribution in [2.24, 2.45) is 5.16 Å². The highest BCUT2D eigenvalue weighted by Crippen LogP contribution is 2.34. The number of hydrogen-bond donors (Lipinski definition) is 1. The number of hydrogen-bond acceptors (Lipinski definition) is 8. The summed E-state index contributed by atoms with van der Waals surface area (Å²) in [4.78, 5) is 5.63. The van der Waals surface area contributed by atoms with Crippen molar-refractivity contribution in [1.82, 2.24) is 20.6 Å². The van der Waals surface area contributed by atoms with Crippen LogP contribution in [-0.4, -0.2) is 40.6 Å². The van der Waals surface area contributed by atoms with E-state index in [1.807, 2.05) is 42.5 Å². The van der Waals surface area contributed by atoms with Gasteiger partial charge in [0.15, 0.2) is 24.2 Å². The lowest BCUT2D eigenvalue weighted by Gasteiger charge is -2.11. The molecule has 1 aliphatic heterocycles. The van der Waals surface area contributed by atoms with Gasteiger partial charge in [0.2, 0.25) is 5.82 Å². The molecular formula is C19H19N5O4. The van der Waals surface area contributed by atoms with Crippen LogP contribution >= 0.6 is 0 Å². The summed E-state index contributed by atoms with van der Waals surface area (Å²) >= 11 is 0. The monoisotopic (exact) mass is 381 g/mol. The fraction of sp³-hybridized carbons (Fsp3) is 0.263. The number of benzene rings is 2. The first-order valence-corrected chi connectivity index (χ1v) is 8.67. The van der Waals surface area contributed by atoms with Crippen molar-refractivity contribution in [2.45, 2.75) is 19.1 Å². The summed E-state index contributed by atoms with van der Waals surface area (Å²) in [5, 5.41) is 17.9. The normalized spacial score (nSPS) is 15.6. The minimum absolute atomic E-state index is 0.124. The van der Waals surface area contributed by atoms with Gasteiger partial charge in [-0.1, -0.05) is 22.5 Å². The maximum absolute atomic E-state index is 5.71. The Bertz CT molecular complexity index is 957. The Kier molecular flexibility index (Phi) is 5.05. The summed E-state index contributed by atoms with van der Waals surface area (Å²) < 4.78 is 16.4. The molecule has 1 aliphatic rings. The third kappa shape index (κ3) is 3.73. The Balaban J connectivity index is 1.45. The number of rotatable bonds is 7. The maximum atomic E-state index is 5.71. The zero-order chi connectivity index (χ0) is 19.3. The number of nitrogens with one attached hydrogen (secondary N) is 1. The van der Waals surface area contributed by atoms with Crippen LogP contribution in [0.4, 0.5) is 0 Å². The van der Waals surface area contributed by atoms with Crippen LogP contribution in [0.2, 0.25) is 0 Å². The molecule has 0 spiro atoms. The van der Waals surface area contributed by atoms with Gasteiger partial charge in [-0.2, -0.15) is 5.21 Å². The molecule has 0 bridgehead atoms. The third-order valence-corrected chi connectivity index (χ3v) is 4.40. The molecule has 3 aromatic rings. The average Bonchev–Trinajstić information content (AvgIpc) is 3.44. The molecule has 1 aromatic heterocycles. The van der Waals surface area contributed by atoms with Crippen LogP contribution in [-0.2, 0) is 11.4 Å². The van der Waals surface area contributed by atoms with Gasteiger partial charge in [-0.25, -0.2) is 0 Å². The van der Waals surface area contributed by atoms with Gasteiger partial charge in [-0.3, -0.25) is 0 Å². The van der Waals surface area contributed by atoms with Crippen LogP contribution in [0.25, 0.3) is 0 Å². The molecule has 0 saturated carbocycles. The predicted molar refractivity (Wildman–Crippen MR) is 99.5 cm³/mol. The summed E-state index contributed by atoms with van der Waals surface area (Å²) in [5.74, 6) is 2.45. The van der Waals surface area contributed by atoms with Crippen molar-refractivity contribution < 1.29 is 19.0 Å². The summed E-state index contributed by atoms with van der Waals surface area (Å²) in [5.41, 5.74) is 2.81. The highest BCUT2D eigenvalue weighted by Gasteiger charge is 2.24. The first kappa shape index (κ1) is 17.8. The van der Waals surface area contributed by atoms with E-state index in [9.17, 15) is 0 Å². The van der Waals surface area contributed by atoms with E-state index in [4.69, 9.17) is 19.0 Å². The zero-order valence-corrected chi connectivity index (χ0v) is 15.5. The van der Waals surface area contributed by atoms with E-state index in [0.717, 1.165) is 22.6 Å². The Hall–Kier alpha value is -3.62. The topological polar surface area (TPSA) is 104 Å². The van der Waals surface area contributed by atoms with Gasteiger partial charge in [0, 0.05) is 12.0 Å². The summed E-state index contributed by atoms with van der Waals surface area (Å²) in [6, 6.07) is 13.4. The number of oxime groups is 1. The Labute approximate surface area is 161 Å². The number of aromatic amines is 1. The Morgan fingerprint density at radius 3 is 2.64 bits per heavy atom. The van der Waals surface area contributed by atoms with Crippen molar-refractivity contribution in [3.05, 3.63) is 59.4 Å². The number of H-pyrrole nitrogens is 1. The maximum Gasteiger partial charge on any atom is 0.211 e. The molecule has 0 radical (unpaired) electrons. The first-order chi connectivity index (χ1) is 13.8. The first-order valence-electron chi connectivity index (χ1n) is 8.67. The molecule has 4 rings (SSSR count). The lowest BCUT2D eigenvalue weighted by molar-refractivity contribution is 0.0857. The molecule has 1 unspecified atom stereocenters. The van der Waals surface area contributed by atoms with Crippen molar-refractivity contribution >= 4 is 5.71 Å². The molecule has 2 heterocycles. The van der Waals surface area contributed by atoms with Crippen LogP contribution < -0.4 is 14.2 Å². The van der Waals surface area contributed by atoms with Crippen LogP contribution in [0.15, 0.2) is 47.6 Å². The molecule has 144 valence electrons. The number of tetrazole rings is 1. The molecule has 1 atom stereocenters. The second kappa shape index (κ2) is 7.95. The predicted octanol–water partition coefficient (Wildman–Crippen LogP) is 2.66. The number of ether oxygens (including phenoxy) is 3.